The summed E-state index contributed by atoms with van der Waals surface area (Å²) in [7, 11) is 0. The van der Waals surface area contributed by atoms with Crippen molar-refractivity contribution in [3.05, 3.63) is 303 Å². The molecule has 0 aliphatic heterocycles. The maximum absolute atomic E-state index is 6.17. The lowest BCUT2D eigenvalue weighted by Gasteiger charge is -2.18. The van der Waals surface area contributed by atoms with E-state index in [0.717, 1.165) is 122 Å². The van der Waals surface area contributed by atoms with Crippen LogP contribution in [0.5, 0.6) is 0 Å². The Labute approximate surface area is 581 Å². The number of para-hydroxylation sites is 5. The molecule has 482 valence electrons. The van der Waals surface area contributed by atoms with Gasteiger partial charge in [0.1, 0.15) is 12.0 Å². The van der Waals surface area contributed by atoms with Gasteiger partial charge in [-0.25, -0.2) is 4.98 Å². The van der Waals surface area contributed by atoms with Gasteiger partial charge in [0.2, 0.25) is 11.7 Å². The van der Waals surface area contributed by atoms with E-state index in [4.69, 9.17) is 18.9 Å². The predicted octanol–water partition coefficient (Wildman–Crippen LogP) is 23.8. The third kappa shape index (κ3) is 9.00. The number of nitrogens with zero attached hydrogens (tertiary/aromatic N) is 8. The molecule has 20 aromatic rings. The van der Waals surface area contributed by atoms with Crippen LogP contribution in [0.15, 0.2) is 300 Å². The molecular formula is C91H66N8O2. The molecular weight excluding hydrogens is 1240 g/mol. The Morgan fingerprint density at radius 2 is 0.653 bits per heavy atom. The van der Waals surface area contributed by atoms with Gasteiger partial charge in [-0.3, -0.25) is 0 Å². The molecule has 0 saturated carbocycles. The fourth-order valence-electron chi connectivity index (χ4n) is 16.0. The van der Waals surface area contributed by atoms with Crippen LogP contribution in [0.1, 0.15) is 52.7 Å². The normalized spacial score (nSPS) is 12.5. The van der Waals surface area contributed by atoms with Crippen LogP contribution in [0.2, 0.25) is 0 Å². The Kier molecular flexibility index (Phi) is 12.6. The highest BCUT2D eigenvalue weighted by Crippen LogP contribution is 2.47. The van der Waals surface area contributed by atoms with Gasteiger partial charge in [0.05, 0.1) is 55.2 Å². The van der Waals surface area contributed by atoms with Crippen molar-refractivity contribution in [2.75, 3.05) is 0 Å². The zero-order valence-corrected chi connectivity index (χ0v) is 56.6. The van der Waals surface area contributed by atoms with Crippen molar-refractivity contribution >= 4 is 109 Å². The van der Waals surface area contributed by atoms with Crippen molar-refractivity contribution in [3.63, 3.8) is 0 Å². The van der Waals surface area contributed by atoms with E-state index in [1.165, 1.54) is 54.2 Å². The molecule has 10 nitrogen and oxygen atoms in total. The van der Waals surface area contributed by atoms with Crippen molar-refractivity contribution in [2.45, 2.75) is 52.4 Å². The van der Waals surface area contributed by atoms with Gasteiger partial charge in [-0.15, -0.1) is 0 Å². The molecule has 0 N–H and O–H groups in total. The van der Waals surface area contributed by atoms with Crippen LogP contribution >= 0.6 is 0 Å². The number of aromatic nitrogens is 8. The molecule has 7 heterocycles. The first-order valence-corrected chi connectivity index (χ1v) is 34.6. The summed E-state index contributed by atoms with van der Waals surface area (Å²) in [6.45, 7) is 13.4. The molecule has 0 aliphatic carbocycles. The standard InChI is InChI=1S/C91H66N8O2/c1-90(2,3)59-36-28-55(29-37-59)74-54-100-88(92-74)57-32-40-62(41-33-57)96-77-26-16-12-22-70(77)83-81(96)50-46-68-66-20-10-14-24-75(66)98(85(68)83)64-44-48-79-72(52-64)73-53-65(45-49-80(73)95(79)61-18-8-7-9-19-61)99-76-25-15-11-21-67(76)69-47-51-82-84(86(69)99)71-23-13-17-27-78(71)97(82)63-42-34-58(35-43-63)89-93-87(94-101-89)56-30-38-60(39-31-56)91(4,5)6/h7-54H,1-6H3. The number of rotatable bonds is 9. The SMILES string of the molecule is CC(C)(C)c1ccc(-c2coc(-c3ccc(-n4c5ccccc5c5c4ccc4c6ccccc6n(-c6ccc7c(c6)c6cc(-n8c9ccccc9c9ccc%10c(c%11ccccc%11n%10-c%10ccc(-c%11nc(-c%12ccc(C(C)(C)C)cc%12)no%11)cc%10)c98)ccc6n7-c6ccccc6)c45)cc3)n2)cc1. The van der Waals surface area contributed by atoms with Gasteiger partial charge in [0.25, 0.3) is 5.89 Å². The minimum Gasteiger partial charge on any atom is -0.444 e. The predicted molar refractivity (Wildman–Crippen MR) is 415 cm³/mol. The molecule has 10 heteroatoms. The maximum atomic E-state index is 6.17. The summed E-state index contributed by atoms with van der Waals surface area (Å²) in [6.07, 6.45) is 1.76. The fraction of sp³-hybridized carbons (Fsp3) is 0.0879. The number of hydrogen-bond donors (Lipinski definition) is 0. The van der Waals surface area contributed by atoms with Crippen LogP contribution in [-0.4, -0.2) is 38.0 Å². The summed E-state index contributed by atoms with van der Waals surface area (Å²) in [4.78, 5) is 9.85. The van der Waals surface area contributed by atoms with E-state index in [1.807, 2.05) is 0 Å². The minimum absolute atomic E-state index is 0.0452. The quantitative estimate of drug-likeness (QED) is 0.144. The second kappa shape index (κ2) is 21.9. The van der Waals surface area contributed by atoms with Crippen LogP contribution in [0, 0.1) is 0 Å². The van der Waals surface area contributed by atoms with Gasteiger partial charge in [-0.1, -0.05) is 198 Å². The molecule has 0 atom stereocenters. The van der Waals surface area contributed by atoms with E-state index < -0.39 is 0 Å². The van der Waals surface area contributed by atoms with E-state index in [-0.39, 0.29) is 10.8 Å². The Hall–Kier alpha value is -12.8. The van der Waals surface area contributed by atoms with E-state index in [1.54, 1.807) is 6.26 Å². The molecule has 0 radical (unpaired) electrons. The molecule has 0 fully saturated rings. The summed E-state index contributed by atoms with van der Waals surface area (Å²) >= 11 is 0. The van der Waals surface area contributed by atoms with Crippen LogP contribution in [-0.2, 0) is 10.8 Å². The summed E-state index contributed by atoms with van der Waals surface area (Å²) in [6, 6.07) is 104. The van der Waals surface area contributed by atoms with E-state index in [2.05, 4.69) is 355 Å². The number of oxazole rings is 1. The Morgan fingerprint density at radius 3 is 1.14 bits per heavy atom. The molecule has 0 spiro atoms. The van der Waals surface area contributed by atoms with Crippen molar-refractivity contribution in [2.24, 2.45) is 0 Å². The van der Waals surface area contributed by atoms with E-state index in [9.17, 15) is 0 Å². The second-order valence-corrected chi connectivity index (χ2v) is 28.9. The molecule has 0 saturated heterocycles. The first-order chi connectivity index (χ1) is 49.4. The van der Waals surface area contributed by atoms with Crippen molar-refractivity contribution in [1.82, 2.24) is 38.0 Å². The zero-order valence-electron chi connectivity index (χ0n) is 56.6. The summed E-state index contributed by atoms with van der Waals surface area (Å²) in [5.74, 6) is 1.63. The molecule has 0 amide bonds. The lowest BCUT2D eigenvalue weighted by Crippen LogP contribution is -2.10. The topological polar surface area (TPSA) is 89.6 Å². The van der Waals surface area contributed by atoms with Gasteiger partial charge >= 0.3 is 0 Å². The van der Waals surface area contributed by atoms with Crippen LogP contribution in [0.3, 0.4) is 0 Å². The summed E-state index contributed by atoms with van der Waals surface area (Å²) in [5.41, 5.74) is 23.8. The highest BCUT2D eigenvalue weighted by atomic mass is 16.5. The zero-order chi connectivity index (χ0) is 67.6. The molecule has 0 bridgehead atoms. The Balaban J connectivity index is 0.739. The lowest BCUT2D eigenvalue weighted by molar-refractivity contribution is 0.432. The van der Waals surface area contributed by atoms with Gasteiger partial charge < -0.3 is 31.8 Å². The van der Waals surface area contributed by atoms with Crippen LogP contribution < -0.4 is 0 Å². The van der Waals surface area contributed by atoms with Crippen molar-refractivity contribution in [3.8, 4) is 74.0 Å². The molecule has 101 heavy (non-hydrogen) atoms. The highest BCUT2D eigenvalue weighted by molar-refractivity contribution is 6.28. The van der Waals surface area contributed by atoms with Gasteiger partial charge in [-0.2, -0.15) is 4.98 Å². The number of benzene rings is 13. The number of hydrogen-bond acceptors (Lipinski definition) is 5. The smallest absolute Gasteiger partial charge is 0.258 e. The largest absolute Gasteiger partial charge is 0.444 e. The first-order valence-electron chi connectivity index (χ1n) is 34.6. The van der Waals surface area contributed by atoms with Crippen molar-refractivity contribution < 1.29 is 8.94 Å². The highest BCUT2D eigenvalue weighted by Gasteiger charge is 2.26. The second-order valence-electron chi connectivity index (χ2n) is 28.9. The van der Waals surface area contributed by atoms with E-state index >= 15 is 0 Å². The maximum Gasteiger partial charge on any atom is 0.258 e. The molecule has 7 aromatic heterocycles. The third-order valence-electron chi connectivity index (χ3n) is 20.9. The monoisotopic (exact) mass is 1300 g/mol. The van der Waals surface area contributed by atoms with Gasteiger partial charge in [0, 0.05) is 105 Å². The minimum atomic E-state index is 0.0452. The van der Waals surface area contributed by atoms with Crippen LogP contribution in [0.4, 0.5) is 0 Å². The summed E-state index contributed by atoms with van der Waals surface area (Å²) in [5, 5.41) is 16.2. The number of fused-ring (bicyclic) bond motifs is 17. The average molecular weight is 1300 g/mol. The fourth-order valence-corrected chi connectivity index (χ4v) is 16.0. The van der Waals surface area contributed by atoms with Crippen LogP contribution in [0.25, 0.3) is 183 Å². The molecule has 13 aromatic carbocycles. The van der Waals surface area contributed by atoms with Crippen molar-refractivity contribution in [1.29, 1.82) is 0 Å². The molecule has 0 aliphatic rings. The molecule has 20 rings (SSSR count). The first kappa shape index (κ1) is 58.4. The lowest BCUT2D eigenvalue weighted by atomic mass is 9.86. The Morgan fingerprint density at radius 1 is 0.277 bits per heavy atom. The van der Waals surface area contributed by atoms with Gasteiger partial charge in [-0.05, 0) is 155 Å². The molecule has 0 unspecified atom stereocenters. The average Bonchev–Trinajstić information content (AvgIpc) is 1.55. The third-order valence-corrected chi connectivity index (χ3v) is 20.9. The van der Waals surface area contributed by atoms with Gasteiger partial charge in [0.15, 0.2) is 0 Å². The summed E-state index contributed by atoms with van der Waals surface area (Å²) < 4.78 is 24.4. The van der Waals surface area contributed by atoms with E-state index in [0.29, 0.717) is 17.6 Å². The Bertz CT molecular complexity index is 6350.